The summed E-state index contributed by atoms with van der Waals surface area (Å²) in [6.45, 7) is 1.50. The van der Waals surface area contributed by atoms with Crippen LogP contribution in [0.1, 0.15) is 22.8 Å². The summed E-state index contributed by atoms with van der Waals surface area (Å²) >= 11 is 2.14. The van der Waals surface area contributed by atoms with E-state index in [4.69, 9.17) is 5.26 Å². The number of carbonyl (C=O) groups is 1. The second-order valence-electron chi connectivity index (χ2n) is 3.50. The van der Waals surface area contributed by atoms with Crippen molar-refractivity contribution in [3.8, 4) is 11.8 Å². The van der Waals surface area contributed by atoms with Crippen molar-refractivity contribution < 1.29 is 4.79 Å². The van der Waals surface area contributed by atoms with Gasteiger partial charge in [-0.2, -0.15) is 10.4 Å². The van der Waals surface area contributed by atoms with Crippen LogP contribution in [0.5, 0.6) is 0 Å². The van der Waals surface area contributed by atoms with E-state index in [0.29, 0.717) is 16.8 Å². The zero-order valence-electron chi connectivity index (χ0n) is 9.01. The first-order valence-corrected chi connectivity index (χ1v) is 5.95. The van der Waals surface area contributed by atoms with Crippen LogP contribution in [0, 0.1) is 14.9 Å². The molecule has 0 saturated carbocycles. The number of rotatable bonds is 2. The molecule has 84 valence electrons. The molecular weight excluding hydrogens is 329 g/mol. The molecule has 17 heavy (non-hydrogen) atoms. The number of benzene rings is 1. The molecule has 0 aliphatic rings. The lowest BCUT2D eigenvalue weighted by molar-refractivity contribution is 0.101. The largest absolute Gasteiger partial charge is 0.294 e. The van der Waals surface area contributed by atoms with E-state index in [1.165, 1.54) is 6.92 Å². The van der Waals surface area contributed by atoms with Crippen LogP contribution in [0.15, 0.2) is 30.6 Å². The van der Waals surface area contributed by atoms with E-state index in [1.807, 2.05) is 6.20 Å². The molecule has 0 amide bonds. The number of nitrogens with zero attached hydrogens (tertiary/aromatic N) is 3. The lowest BCUT2D eigenvalue weighted by Gasteiger charge is -2.07. The highest BCUT2D eigenvalue weighted by Gasteiger charge is 2.11. The van der Waals surface area contributed by atoms with E-state index in [0.717, 1.165) is 3.57 Å². The summed E-state index contributed by atoms with van der Waals surface area (Å²) in [7, 11) is 0. The molecule has 0 N–H and O–H groups in total. The van der Waals surface area contributed by atoms with Crippen LogP contribution in [-0.4, -0.2) is 15.6 Å². The molecule has 1 aromatic carbocycles. The minimum atomic E-state index is -0.0463. The Kier molecular flexibility index (Phi) is 3.24. The third-order valence-electron chi connectivity index (χ3n) is 2.30. The molecule has 0 radical (unpaired) electrons. The fourth-order valence-electron chi connectivity index (χ4n) is 1.52. The Bertz CT molecular complexity index is 625. The van der Waals surface area contributed by atoms with Gasteiger partial charge in [0.2, 0.25) is 0 Å². The SMILES string of the molecule is CC(=O)c1ccc(C#N)cc1-n1cc(I)cn1. The molecule has 2 aromatic rings. The Labute approximate surface area is 112 Å². The molecule has 1 aromatic heterocycles. The predicted octanol–water partition coefficient (Wildman–Crippen LogP) is 2.55. The van der Waals surface area contributed by atoms with E-state index in [9.17, 15) is 4.79 Å². The van der Waals surface area contributed by atoms with Crippen molar-refractivity contribution in [1.82, 2.24) is 9.78 Å². The normalized spacial score (nSPS) is 9.94. The number of aromatic nitrogens is 2. The Morgan fingerprint density at radius 2 is 2.29 bits per heavy atom. The van der Waals surface area contributed by atoms with Gasteiger partial charge in [0.1, 0.15) is 0 Å². The predicted molar refractivity (Wildman–Crippen MR) is 71.0 cm³/mol. The van der Waals surface area contributed by atoms with Crippen molar-refractivity contribution in [2.45, 2.75) is 6.92 Å². The standard InChI is InChI=1S/C12H8IN3O/c1-8(17)11-3-2-9(5-14)4-12(11)16-7-10(13)6-15-16/h2-4,6-7H,1H3. The van der Waals surface area contributed by atoms with E-state index in [2.05, 4.69) is 33.8 Å². The summed E-state index contributed by atoms with van der Waals surface area (Å²) in [6.07, 6.45) is 3.51. The van der Waals surface area contributed by atoms with Gasteiger partial charge in [0.05, 0.1) is 27.1 Å². The number of nitriles is 1. The van der Waals surface area contributed by atoms with Crippen molar-refractivity contribution in [2.24, 2.45) is 0 Å². The summed E-state index contributed by atoms with van der Waals surface area (Å²) < 4.78 is 2.58. The van der Waals surface area contributed by atoms with E-state index in [-0.39, 0.29) is 5.78 Å². The molecule has 1 heterocycles. The highest BCUT2D eigenvalue weighted by Crippen LogP contribution is 2.18. The van der Waals surface area contributed by atoms with Gasteiger partial charge >= 0.3 is 0 Å². The quantitative estimate of drug-likeness (QED) is 0.625. The Balaban J connectivity index is 2.65. The first-order chi connectivity index (χ1) is 8.11. The Hall–Kier alpha value is -1.68. The number of carbonyl (C=O) groups excluding carboxylic acids is 1. The molecule has 0 aliphatic heterocycles. The lowest BCUT2D eigenvalue weighted by atomic mass is 10.1. The molecule has 0 unspecified atom stereocenters. The molecule has 0 atom stereocenters. The van der Waals surface area contributed by atoms with Crippen molar-refractivity contribution in [1.29, 1.82) is 5.26 Å². The molecule has 2 rings (SSSR count). The molecule has 5 heteroatoms. The Morgan fingerprint density at radius 3 is 2.82 bits per heavy atom. The third kappa shape index (κ3) is 2.36. The molecule has 0 spiro atoms. The number of halogens is 1. The number of hydrogen-bond acceptors (Lipinski definition) is 3. The third-order valence-corrected chi connectivity index (χ3v) is 2.86. The summed E-state index contributed by atoms with van der Waals surface area (Å²) in [5.74, 6) is -0.0463. The van der Waals surface area contributed by atoms with Crippen molar-refractivity contribution in [3.63, 3.8) is 0 Å². The minimum absolute atomic E-state index is 0.0463. The van der Waals surface area contributed by atoms with Crippen molar-refractivity contribution >= 4 is 28.4 Å². The molecular formula is C12H8IN3O. The second kappa shape index (κ2) is 4.67. The number of ketones is 1. The van der Waals surface area contributed by atoms with Gasteiger partial charge in [0, 0.05) is 11.8 Å². The summed E-state index contributed by atoms with van der Waals surface area (Å²) in [5.41, 5.74) is 1.71. The van der Waals surface area contributed by atoms with E-state index in [1.54, 1.807) is 29.1 Å². The van der Waals surface area contributed by atoms with Crippen molar-refractivity contribution in [3.05, 3.63) is 45.3 Å². The van der Waals surface area contributed by atoms with Gasteiger partial charge in [-0.25, -0.2) is 4.68 Å². The lowest BCUT2D eigenvalue weighted by Crippen LogP contribution is -2.04. The first kappa shape index (κ1) is 11.8. The monoisotopic (exact) mass is 337 g/mol. The van der Waals surface area contributed by atoms with Gasteiger partial charge in [-0.05, 0) is 47.7 Å². The van der Waals surface area contributed by atoms with Crippen molar-refractivity contribution in [2.75, 3.05) is 0 Å². The van der Waals surface area contributed by atoms with Crippen LogP contribution in [0.4, 0.5) is 0 Å². The van der Waals surface area contributed by atoms with Crippen LogP contribution >= 0.6 is 22.6 Å². The van der Waals surface area contributed by atoms with Gasteiger partial charge in [-0.15, -0.1) is 0 Å². The fourth-order valence-corrected chi connectivity index (χ4v) is 1.91. The maximum Gasteiger partial charge on any atom is 0.161 e. The van der Waals surface area contributed by atoms with Crippen LogP contribution in [-0.2, 0) is 0 Å². The average Bonchev–Trinajstić information content (AvgIpc) is 2.75. The van der Waals surface area contributed by atoms with Crippen LogP contribution in [0.25, 0.3) is 5.69 Å². The Morgan fingerprint density at radius 1 is 1.53 bits per heavy atom. The van der Waals surface area contributed by atoms with E-state index < -0.39 is 0 Å². The topological polar surface area (TPSA) is 58.7 Å². The summed E-state index contributed by atoms with van der Waals surface area (Å²) in [5, 5.41) is 13.0. The molecule has 0 aliphatic carbocycles. The highest BCUT2D eigenvalue weighted by molar-refractivity contribution is 14.1. The summed E-state index contributed by atoms with van der Waals surface area (Å²) in [4.78, 5) is 11.5. The summed E-state index contributed by atoms with van der Waals surface area (Å²) in [6, 6.07) is 7.01. The zero-order chi connectivity index (χ0) is 12.4. The smallest absolute Gasteiger partial charge is 0.161 e. The fraction of sp³-hybridized carbons (Fsp3) is 0.0833. The molecule has 4 nitrogen and oxygen atoms in total. The number of Topliss-reactive ketones (excluding diaryl/α,β-unsaturated/α-hetero) is 1. The first-order valence-electron chi connectivity index (χ1n) is 4.87. The van der Waals surface area contributed by atoms with Gasteiger partial charge < -0.3 is 0 Å². The highest BCUT2D eigenvalue weighted by atomic mass is 127. The van der Waals surface area contributed by atoms with Gasteiger partial charge in [-0.1, -0.05) is 0 Å². The van der Waals surface area contributed by atoms with Gasteiger partial charge in [-0.3, -0.25) is 4.79 Å². The molecule has 0 bridgehead atoms. The van der Waals surface area contributed by atoms with Crippen LogP contribution < -0.4 is 0 Å². The average molecular weight is 337 g/mol. The zero-order valence-corrected chi connectivity index (χ0v) is 11.2. The minimum Gasteiger partial charge on any atom is -0.294 e. The molecule has 0 fully saturated rings. The van der Waals surface area contributed by atoms with Gasteiger partial charge in [0.15, 0.2) is 5.78 Å². The number of hydrogen-bond donors (Lipinski definition) is 0. The maximum atomic E-state index is 11.5. The van der Waals surface area contributed by atoms with Crippen LogP contribution in [0.3, 0.4) is 0 Å². The van der Waals surface area contributed by atoms with Gasteiger partial charge in [0.25, 0.3) is 0 Å². The second-order valence-corrected chi connectivity index (χ2v) is 4.75. The van der Waals surface area contributed by atoms with E-state index >= 15 is 0 Å². The maximum absolute atomic E-state index is 11.5. The molecule has 0 saturated heterocycles. The van der Waals surface area contributed by atoms with Crippen LogP contribution in [0.2, 0.25) is 0 Å².